The van der Waals surface area contributed by atoms with Crippen LogP contribution in [0.2, 0.25) is 0 Å². The van der Waals surface area contributed by atoms with Crippen LogP contribution in [-0.2, 0) is 11.2 Å². The van der Waals surface area contributed by atoms with E-state index in [2.05, 4.69) is 33.9 Å². The molecular formula is C26H32N4O3. The lowest BCUT2D eigenvalue weighted by molar-refractivity contribution is -0.141. The normalized spacial score (nSPS) is 30.8. The summed E-state index contributed by atoms with van der Waals surface area (Å²) in [6, 6.07) is 11.8. The van der Waals surface area contributed by atoms with Gasteiger partial charge in [0.2, 0.25) is 5.91 Å². The molecule has 1 aromatic heterocycles. The molecular weight excluding hydrogens is 416 g/mol. The van der Waals surface area contributed by atoms with Crippen molar-refractivity contribution in [2.75, 3.05) is 0 Å². The minimum Gasteiger partial charge on any atom is -0.334 e. The van der Waals surface area contributed by atoms with Gasteiger partial charge in [0, 0.05) is 30.1 Å². The standard InChI is InChI=1S/C26H32N4O3/c1-16-13-19(28-25(33)27-16)24(32)30-21-15-26(3)22(11-7-8-12-23(26)30)29(17(2)31)20(21)14-18-9-5-4-6-10-18/h4-6,9-10,13,20-23H,7-8,11-12,14-15H2,1-3H3,(H,27,28,33)/t20-,21+,22-,23+,26-/m1/s1. The number of rotatable bonds is 3. The molecule has 5 atom stereocenters. The van der Waals surface area contributed by atoms with Gasteiger partial charge in [-0.25, -0.2) is 4.79 Å². The number of nitrogens with zero attached hydrogens (tertiary/aromatic N) is 3. The number of likely N-dealkylation sites (tertiary alicyclic amines) is 2. The Hall–Kier alpha value is -2.96. The number of nitrogens with one attached hydrogen (secondary N) is 1. The maximum absolute atomic E-state index is 13.9. The van der Waals surface area contributed by atoms with E-state index in [1.54, 1.807) is 19.9 Å². The summed E-state index contributed by atoms with van der Waals surface area (Å²) in [5.74, 6) is -0.107. The Balaban J connectivity index is 1.62. The monoisotopic (exact) mass is 448 g/mol. The number of H-pyrrole nitrogens is 1. The van der Waals surface area contributed by atoms with Crippen molar-refractivity contribution in [2.24, 2.45) is 5.41 Å². The van der Waals surface area contributed by atoms with Crippen molar-refractivity contribution < 1.29 is 9.59 Å². The molecule has 1 N–H and O–H groups in total. The molecule has 0 unspecified atom stereocenters. The van der Waals surface area contributed by atoms with Crippen molar-refractivity contribution in [1.29, 1.82) is 0 Å². The number of carbonyl (C=O) groups excluding carboxylic acids is 2. The number of amides is 2. The molecule has 2 aromatic rings. The van der Waals surface area contributed by atoms with E-state index in [0.29, 0.717) is 12.1 Å². The van der Waals surface area contributed by atoms with Gasteiger partial charge in [-0.05, 0) is 44.2 Å². The first-order valence-electron chi connectivity index (χ1n) is 12.0. The fourth-order valence-corrected chi connectivity index (χ4v) is 6.92. The van der Waals surface area contributed by atoms with Crippen LogP contribution < -0.4 is 5.69 Å². The van der Waals surface area contributed by atoms with Gasteiger partial charge in [-0.1, -0.05) is 50.1 Å². The maximum Gasteiger partial charge on any atom is 0.345 e. The van der Waals surface area contributed by atoms with Crippen molar-refractivity contribution in [1.82, 2.24) is 19.8 Å². The molecule has 7 nitrogen and oxygen atoms in total. The molecule has 0 radical (unpaired) electrons. The van der Waals surface area contributed by atoms with Gasteiger partial charge in [0.25, 0.3) is 5.91 Å². The zero-order valence-corrected chi connectivity index (χ0v) is 19.6. The molecule has 2 saturated heterocycles. The second-order valence-electron chi connectivity index (χ2n) is 10.2. The largest absolute Gasteiger partial charge is 0.345 e. The Bertz CT molecular complexity index is 1130. The van der Waals surface area contributed by atoms with Gasteiger partial charge in [-0.2, -0.15) is 4.98 Å². The molecule has 2 amide bonds. The summed E-state index contributed by atoms with van der Waals surface area (Å²) < 4.78 is 0. The smallest absolute Gasteiger partial charge is 0.334 e. The minimum atomic E-state index is -0.503. The summed E-state index contributed by atoms with van der Waals surface area (Å²) in [6.07, 6.45) is 5.54. The number of piperidine rings is 1. The first-order valence-corrected chi connectivity index (χ1v) is 12.0. The van der Waals surface area contributed by atoms with Gasteiger partial charge in [-0.3, -0.25) is 9.59 Å². The van der Waals surface area contributed by atoms with Crippen molar-refractivity contribution >= 4 is 11.8 Å². The first kappa shape index (κ1) is 21.9. The SMILES string of the molecule is CC(=O)N1[C@H](Cc2ccccc2)[C@@H]2C[C@@]3(C)[C@H](CCCC[C@@H]13)N2C(=O)c1cc(C)[nH]c(=O)n1. The predicted octanol–water partition coefficient (Wildman–Crippen LogP) is 3.08. The molecule has 2 aliphatic heterocycles. The number of aromatic nitrogens is 2. The zero-order valence-electron chi connectivity index (χ0n) is 19.6. The summed E-state index contributed by atoms with van der Waals surface area (Å²) in [7, 11) is 0. The van der Waals surface area contributed by atoms with Gasteiger partial charge in [0.05, 0.1) is 12.1 Å². The Kier molecular flexibility index (Phi) is 5.38. The van der Waals surface area contributed by atoms with E-state index >= 15 is 0 Å². The Labute approximate surface area is 194 Å². The highest BCUT2D eigenvalue weighted by molar-refractivity contribution is 5.93. The average molecular weight is 449 g/mol. The van der Waals surface area contributed by atoms with Crippen LogP contribution in [0.5, 0.6) is 0 Å². The van der Waals surface area contributed by atoms with Gasteiger partial charge in [-0.15, -0.1) is 0 Å². The van der Waals surface area contributed by atoms with Crippen LogP contribution in [0.4, 0.5) is 0 Å². The van der Waals surface area contributed by atoms with E-state index in [1.807, 2.05) is 23.1 Å². The highest BCUT2D eigenvalue weighted by Crippen LogP contribution is 2.55. The second kappa shape index (κ2) is 8.12. The number of hydrogen-bond acceptors (Lipinski definition) is 4. The van der Waals surface area contributed by atoms with Crippen molar-refractivity contribution in [3.63, 3.8) is 0 Å². The molecule has 1 aliphatic carbocycles. The quantitative estimate of drug-likeness (QED) is 0.782. The van der Waals surface area contributed by atoms with Crippen LogP contribution in [-0.4, -0.2) is 55.7 Å². The van der Waals surface area contributed by atoms with Crippen LogP contribution in [0.1, 0.15) is 67.7 Å². The molecule has 0 spiro atoms. The summed E-state index contributed by atoms with van der Waals surface area (Å²) in [6.45, 7) is 5.69. The van der Waals surface area contributed by atoms with Crippen LogP contribution in [0.15, 0.2) is 41.2 Å². The van der Waals surface area contributed by atoms with E-state index in [4.69, 9.17) is 0 Å². The predicted molar refractivity (Wildman–Crippen MR) is 125 cm³/mol. The average Bonchev–Trinajstić information content (AvgIpc) is 2.91. The van der Waals surface area contributed by atoms with Crippen molar-refractivity contribution in [3.05, 3.63) is 63.8 Å². The van der Waals surface area contributed by atoms with Crippen LogP contribution in [0.3, 0.4) is 0 Å². The Morgan fingerprint density at radius 3 is 2.42 bits per heavy atom. The number of fused-ring (bicyclic) bond motifs is 1. The van der Waals surface area contributed by atoms with Gasteiger partial charge >= 0.3 is 5.69 Å². The molecule has 1 aromatic carbocycles. The summed E-state index contributed by atoms with van der Waals surface area (Å²) >= 11 is 0. The number of aromatic amines is 1. The molecule has 5 rings (SSSR count). The summed E-state index contributed by atoms with van der Waals surface area (Å²) in [5.41, 5.74) is 1.31. The minimum absolute atomic E-state index is 0.0338. The van der Waals surface area contributed by atoms with Crippen molar-refractivity contribution in [3.8, 4) is 0 Å². The van der Waals surface area contributed by atoms with E-state index < -0.39 is 5.69 Å². The lowest BCUT2D eigenvalue weighted by atomic mass is 9.69. The third kappa shape index (κ3) is 3.58. The van der Waals surface area contributed by atoms with E-state index in [0.717, 1.165) is 37.7 Å². The topological polar surface area (TPSA) is 86.4 Å². The number of benzene rings is 1. The Morgan fingerprint density at radius 2 is 1.79 bits per heavy atom. The first-order chi connectivity index (χ1) is 15.8. The summed E-state index contributed by atoms with van der Waals surface area (Å²) in [5, 5.41) is 0. The molecule has 3 aliphatic rings. The third-order valence-electron chi connectivity index (χ3n) is 8.19. The third-order valence-corrected chi connectivity index (χ3v) is 8.19. The number of aryl methyl sites for hydroxylation is 1. The lowest BCUT2D eigenvalue weighted by Gasteiger charge is -2.50. The molecule has 33 heavy (non-hydrogen) atoms. The van der Waals surface area contributed by atoms with Crippen LogP contribution in [0.25, 0.3) is 0 Å². The second-order valence-corrected chi connectivity index (χ2v) is 10.2. The zero-order chi connectivity index (χ0) is 23.3. The van der Waals surface area contributed by atoms with Gasteiger partial charge < -0.3 is 14.8 Å². The van der Waals surface area contributed by atoms with E-state index in [9.17, 15) is 14.4 Å². The van der Waals surface area contributed by atoms with Gasteiger partial charge in [0.15, 0.2) is 0 Å². The fraction of sp³-hybridized carbons (Fsp3) is 0.538. The number of hydrogen-bond donors (Lipinski definition) is 1. The Morgan fingerprint density at radius 1 is 1.12 bits per heavy atom. The molecule has 1 saturated carbocycles. The van der Waals surface area contributed by atoms with Crippen LogP contribution in [0, 0.1) is 12.3 Å². The van der Waals surface area contributed by atoms with Crippen LogP contribution >= 0.6 is 0 Å². The molecule has 2 bridgehead atoms. The molecule has 3 fully saturated rings. The number of carbonyl (C=O) groups is 2. The molecule has 7 heteroatoms. The van der Waals surface area contributed by atoms with Crippen molar-refractivity contribution in [2.45, 2.75) is 83.5 Å². The van der Waals surface area contributed by atoms with E-state index in [1.165, 1.54) is 0 Å². The van der Waals surface area contributed by atoms with Gasteiger partial charge in [0.1, 0.15) is 5.69 Å². The molecule has 174 valence electrons. The molecule has 3 heterocycles. The highest BCUT2D eigenvalue weighted by atomic mass is 16.2. The summed E-state index contributed by atoms with van der Waals surface area (Å²) in [4.78, 5) is 49.8. The highest BCUT2D eigenvalue weighted by Gasteiger charge is 2.63. The lowest BCUT2D eigenvalue weighted by Crippen LogP contribution is -2.61. The fourth-order valence-electron chi connectivity index (χ4n) is 6.92. The van der Waals surface area contributed by atoms with E-state index in [-0.39, 0.29) is 47.1 Å². The maximum atomic E-state index is 13.9.